The van der Waals surface area contributed by atoms with Crippen LogP contribution in [-0.2, 0) is 6.67 Å². The maximum Gasteiger partial charge on any atom is 0.135 e. The van der Waals surface area contributed by atoms with E-state index < -0.39 is 0 Å². The minimum atomic E-state index is 0.543. The smallest absolute Gasteiger partial charge is 0.135 e. The molecule has 0 aliphatic heterocycles. The molecule has 6 heteroatoms. The van der Waals surface area contributed by atoms with Crippen LogP contribution in [0.15, 0.2) is 121 Å². The van der Waals surface area contributed by atoms with E-state index in [-0.39, 0.29) is 0 Å². The Kier molecular flexibility index (Phi) is 6.07. The largest absolute Gasteiger partial charge is 0.238 e. The zero-order chi connectivity index (χ0) is 23.5. The molecule has 0 radical (unpaired) electrons. The zero-order valence-electron chi connectivity index (χ0n) is 18.9. The normalized spacial score (nSPS) is 11.4. The maximum atomic E-state index is 5.08. The van der Waals surface area contributed by atoms with Crippen LogP contribution in [-0.4, -0.2) is 19.6 Å². The Morgan fingerprint density at radius 2 is 0.743 bits per heavy atom. The van der Waals surface area contributed by atoms with Gasteiger partial charge in [-0.15, -0.1) is 0 Å². The lowest BCUT2D eigenvalue weighted by molar-refractivity contribution is 0.515. The summed E-state index contributed by atoms with van der Waals surface area (Å²) in [6.07, 6.45) is 0. The van der Waals surface area contributed by atoms with Gasteiger partial charge in [0, 0.05) is 22.3 Å². The molecular formula is C29H22N4P2. The monoisotopic (exact) mass is 488 g/mol. The average molecular weight is 488 g/mol. The highest BCUT2D eigenvalue weighted by molar-refractivity contribution is 7.37. The van der Waals surface area contributed by atoms with Crippen molar-refractivity contribution in [3.63, 3.8) is 0 Å². The molecule has 0 aliphatic rings. The lowest BCUT2D eigenvalue weighted by Gasteiger charge is -2.10. The van der Waals surface area contributed by atoms with Gasteiger partial charge in [0.1, 0.15) is 17.5 Å². The van der Waals surface area contributed by atoms with Crippen molar-refractivity contribution in [3.8, 4) is 44.0 Å². The van der Waals surface area contributed by atoms with Gasteiger partial charge in [0.05, 0.1) is 10.9 Å². The number of hydrogen-bond acceptors (Lipinski definition) is 2. The van der Waals surface area contributed by atoms with Crippen LogP contribution in [0.3, 0.4) is 0 Å². The number of nitrogens with zero attached hydrogens (tertiary/aromatic N) is 4. The van der Waals surface area contributed by atoms with Crippen LogP contribution in [0.2, 0.25) is 0 Å². The Balaban J connectivity index is 1.48. The van der Waals surface area contributed by atoms with Crippen molar-refractivity contribution in [2.75, 3.05) is 0 Å². The van der Waals surface area contributed by atoms with Crippen LogP contribution in [0.1, 0.15) is 0 Å². The predicted molar refractivity (Wildman–Crippen MR) is 147 cm³/mol. The molecule has 0 atom stereocenters. The van der Waals surface area contributed by atoms with Gasteiger partial charge in [-0.25, -0.2) is 9.36 Å². The van der Waals surface area contributed by atoms with E-state index in [1.54, 1.807) is 0 Å². The third-order valence-electron chi connectivity index (χ3n) is 5.74. The van der Waals surface area contributed by atoms with Gasteiger partial charge in [0.25, 0.3) is 0 Å². The van der Waals surface area contributed by atoms with Crippen molar-refractivity contribution in [1.29, 1.82) is 0 Å². The van der Waals surface area contributed by atoms with Gasteiger partial charge >= 0.3 is 0 Å². The summed E-state index contributed by atoms with van der Waals surface area (Å²) in [4.78, 5) is 0. The molecule has 0 saturated carbocycles. The van der Waals surface area contributed by atoms with E-state index in [1.807, 2.05) is 12.1 Å². The molecule has 2 heterocycles. The summed E-state index contributed by atoms with van der Waals surface area (Å²) in [5.41, 5.74) is 9.07. The maximum absolute atomic E-state index is 5.08. The van der Waals surface area contributed by atoms with Crippen molar-refractivity contribution in [3.05, 3.63) is 121 Å². The third-order valence-corrected chi connectivity index (χ3v) is 8.26. The third kappa shape index (κ3) is 4.59. The number of benzene rings is 4. The average Bonchev–Trinajstić information content (AvgIpc) is 3.56. The first-order valence-corrected chi connectivity index (χ1v) is 13.3. The lowest BCUT2D eigenvalue weighted by Crippen LogP contribution is -2.13. The van der Waals surface area contributed by atoms with Crippen LogP contribution in [0.25, 0.3) is 44.0 Å². The highest BCUT2D eigenvalue weighted by Crippen LogP contribution is 2.39. The molecule has 6 rings (SSSR count). The van der Waals surface area contributed by atoms with Gasteiger partial charge in [-0.1, -0.05) is 121 Å². The molecular weight excluding hydrogens is 466 g/mol. The first-order valence-electron chi connectivity index (χ1n) is 11.5. The van der Waals surface area contributed by atoms with Gasteiger partial charge in [-0.3, -0.25) is 0 Å². The molecule has 35 heavy (non-hydrogen) atoms. The molecule has 0 fully saturated rings. The molecule has 4 aromatic carbocycles. The molecule has 0 aliphatic carbocycles. The summed E-state index contributed by atoms with van der Waals surface area (Å²) in [5, 5.41) is 10.2. The fourth-order valence-electron chi connectivity index (χ4n) is 4.03. The van der Waals surface area contributed by atoms with Crippen LogP contribution in [0.4, 0.5) is 0 Å². The highest BCUT2D eigenvalue weighted by atomic mass is 31.0. The summed E-state index contributed by atoms with van der Waals surface area (Å²) < 4.78 is 4.21. The van der Waals surface area contributed by atoms with Gasteiger partial charge in [0.2, 0.25) is 0 Å². The molecule has 0 unspecified atom stereocenters. The highest BCUT2D eigenvalue weighted by Gasteiger charge is 2.17. The second-order valence-corrected chi connectivity index (χ2v) is 10.3. The molecule has 0 bridgehead atoms. The van der Waals surface area contributed by atoms with E-state index in [9.17, 15) is 0 Å². The quantitative estimate of drug-likeness (QED) is 0.236. The van der Waals surface area contributed by atoms with Gasteiger partial charge in [0.15, 0.2) is 0 Å². The Labute approximate surface area is 207 Å². The van der Waals surface area contributed by atoms with E-state index in [0.29, 0.717) is 6.67 Å². The standard InChI is InChI=1S/C29H22N4P2/c1-5-13-22(14-6-1)26-30-32(28(34-26)24-17-9-3-10-18-24)21-33-29(25-19-11-4-12-20-25)35-27(31-33)23-15-7-2-8-16-23/h1-20H,21H2. The number of aromatic nitrogens is 4. The summed E-state index contributed by atoms with van der Waals surface area (Å²) in [7, 11) is 2.19. The summed E-state index contributed by atoms with van der Waals surface area (Å²) >= 11 is 0. The summed E-state index contributed by atoms with van der Waals surface area (Å²) in [6.45, 7) is 0.543. The topological polar surface area (TPSA) is 35.6 Å². The molecule has 2 aromatic heterocycles. The molecule has 6 aromatic rings. The Morgan fingerprint density at radius 1 is 0.429 bits per heavy atom. The van der Waals surface area contributed by atoms with Crippen molar-refractivity contribution in [2.45, 2.75) is 6.67 Å². The van der Waals surface area contributed by atoms with Crippen molar-refractivity contribution in [1.82, 2.24) is 19.6 Å². The minimum absolute atomic E-state index is 0.543. The Morgan fingerprint density at radius 3 is 1.09 bits per heavy atom. The predicted octanol–water partition coefficient (Wildman–Crippen LogP) is 8.41. The van der Waals surface area contributed by atoms with Crippen LogP contribution in [0.5, 0.6) is 0 Å². The summed E-state index contributed by atoms with van der Waals surface area (Å²) in [5.74, 6) is 0. The van der Waals surface area contributed by atoms with Gasteiger partial charge in [-0.05, 0) is 16.4 Å². The molecule has 0 N–H and O–H groups in total. The van der Waals surface area contributed by atoms with Crippen LogP contribution < -0.4 is 0 Å². The second kappa shape index (κ2) is 9.80. The Hall–Kier alpha value is -3.84. The van der Waals surface area contributed by atoms with Gasteiger partial charge < -0.3 is 0 Å². The van der Waals surface area contributed by atoms with E-state index in [2.05, 4.69) is 119 Å². The van der Waals surface area contributed by atoms with Crippen molar-refractivity contribution < 1.29 is 0 Å². The molecule has 0 spiro atoms. The number of rotatable bonds is 6. The lowest BCUT2D eigenvalue weighted by atomic mass is 10.2. The SMILES string of the molecule is c1ccc(-c2nn(Cn3nc(-c4ccccc4)pc3-c3ccccc3)c(-c3ccccc3)p2)cc1. The van der Waals surface area contributed by atoms with Crippen LogP contribution >= 0.6 is 16.4 Å². The molecule has 168 valence electrons. The van der Waals surface area contributed by atoms with Crippen LogP contribution in [0, 0.1) is 0 Å². The zero-order valence-corrected chi connectivity index (χ0v) is 20.7. The fraction of sp³-hybridized carbons (Fsp3) is 0.0345. The fourth-order valence-corrected chi connectivity index (χ4v) is 6.29. The second-order valence-electron chi connectivity index (χ2n) is 8.12. The van der Waals surface area contributed by atoms with E-state index in [0.717, 1.165) is 49.2 Å². The molecule has 0 saturated heterocycles. The van der Waals surface area contributed by atoms with Gasteiger partial charge in [-0.2, -0.15) is 10.2 Å². The minimum Gasteiger partial charge on any atom is -0.238 e. The van der Waals surface area contributed by atoms with Crippen molar-refractivity contribution >= 4 is 16.4 Å². The van der Waals surface area contributed by atoms with Crippen molar-refractivity contribution in [2.24, 2.45) is 0 Å². The Bertz CT molecular complexity index is 1430. The summed E-state index contributed by atoms with van der Waals surface area (Å²) in [6, 6.07) is 41.9. The van der Waals surface area contributed by atoms with E-state index >= 15 is 0 Å². The van der Waals surface area contributed by atoms with E-state index in [1.165, 1.54) is 11.1 Å². The first kappa shape index (κ1) is 21.7. The first-order chi connectivity index (χ1) is 17.3. The molecule has 0 amide bonds. The number of hydrogen-bond donors (Lipinski definition) is 0. The molecule has 4 nitrogen and oxygen atoms in total. The van der Waals surface area contributed by atoms with E-state index in [4.69, 9.17) is 10.2 Å².